The molecule has 0 aliphatic carbocycles. The highest BCUT2D eigenvalue weighted by Crippen LogP contribution is 2.25. The highest BCUT2D eigenvalue weighted by Gasteiger charge is 2.32. The number of hydrogen-bond donors (Lipinski definition) is 1. The van der Waals surface area contributed by atoms with Crippen molar-refractivity contribution >= 4 is 18.0 Å². The summed E-state index contributed by atoms with van der Waals surface area (Å²) in [7, 11) is 1.63. The van der Waals surface area contributed by atoms with Crippen LogP contribution in [0.4, 0.5) is 4.79 Å². The van der Waals surface area contributed by atoms with Gasteiger partial charge >= 0.3 is 6.03 Å². The van der Waals surface area contributed by atoms with Gasteiger partial charge in [-0.05, 0) is 55.8 Å². The summed E-state index contributed by atoms with van der Waals surface area (Å²) in [6.45, 7) is 7.74. The minimum Gasteiger partial charge on any atom is -0.497 e. The third-order valence-electron chi connectivity index (χ3n) is 4.37. The zero-order valence-electron chi connectivity index (χ0n) is 15.1. The van der Waals surface area contributed by atoms with Gasteiger partial charge in [-0.3, -0.25) is 9.69 Å². The Bertz CT molecular complexity index is 907. The summed E-state index contributed by atoms with van der Waals surface area (Å²) in [5.74, 6) is 0.448. The molecule has 1 aliphatic rings. The lowest BCUT2D eigenvalue weighted by Crippen LogP contribution is -2.30. The second-order valence-electron chi connectivity index (χ2n) is 6.05. The fourth-order valence-electron chi connectivity index (χ4n) is 3.08. The summed E-state index contributed by atoms with van der Waals surface area (Å²) in [5, 5.41) is 2.62. The quantitative estimate of drug-likeness (QED) is 0.511. The molecule has 1 N–H and O–H groups in total. The lowest BCUT2D eigenvalue weighted by atomic mass is 10.2. The molecule has 0 atom stereocenters. The molecule has 0 radical (unpaired) electrons. The van der Waals surface area contributed by atoms with Crippen LogP contribution in [0.3, 0.4) is 0 Å². The smallest absolute Gasteiger partial charge is 0.329 e. The topological polar surface area (TPSA) is 63.6 Å². The van der Waals surface area contributed by atoms with Crippen molar-refractivity contribution in [2.45, 2.75) is 13.8 Å². The average Bonchev–Trinajstić information content (AvgIpc) is 3.05. The minimum absolute atomic E-state index is 0.187. The van der Waals surface area contributed by atoms with E-state index in [2.05, 4.69) is 16.5 Å². The zero-order chi connectivity index (χ0) is 18.8. The Balaban J connectivity index is 1.96. The summed E-state index contributed by atoms with van der Waals surface area (Å²) in [4.78, 5) is 25.4. The minimum atomic E-state index is -0.426. The monoisotopic (exact) mass is 351 g/mol. The molecule has 1 fully saturated rings. The van der Waals surface area contributed by atoms with Crippen LogP contribution in [0, 0.1) is 13.8 Å². The van der Waals surface area contributed by atoms with Gasteiger partial charge in [-0.15, -0.1) is 6.58 Å². The van der Waals surface area contributed by atoms with Gasteiger partial charge in [0.2, 0.25) is 0 Å². The van der Waals surface area contributed by atoms with E-state index in [4.69, 9.17) is 4.74 Å². The summed E-state index contributed by atoms with van der Waals surface area (Å²) in [6, 6.07) is 9.32. The maximum absolute atomic E-state index is 12.4. The first kappa shape index (κ1) is 17.5. The Morgan fingerprint density at radius 2 is 1.88 bits per heavy atom. The number of nitrogens with zero attached hydrogens (tertiary/aromatic N) is 2. The first-order chi connectivity index (χ1) is 12.5. The number of aryl methyl sites for hydroxylation is 1. The number of urea groups is 1. The normalized spacial score (nSPS) is 15.5. The van der Waals surface area contributed by atoms with E-state index in [1.165, 1.54) is 6.08 Å². The Kier molecular flexibility index (Phi) is 4.67. The van der Waals surface area contributed by atoms with E-state index in [0.717, 1.165) is 33.3 Å². The van der Waals surface area contributed by atoms with E-state index in [0.29, 0.717) is 0 Å². The summed E-state index contributed by atoms with van der Waals surface area (Å²) < 4.78 is 7.29. The number of amides is 3. The van der Waals surface area contributed by atoms with Gasteiger partial charge in [0.15, 0.2) is 0 Å². The lowest BCUT2D eigenvalue weighted by Gasteiger charge is -2.10. The lowest BCUT2D eigenvalue weighted by molar-refractivity contribution is -0.122. The third-order valence-corrected chi connectivity index (χ3v) is 4.37. The van der Waals surface area contributed by atoms with Crippen molar-refractivity contribution in [1.82, 2.24) is 14.8 Å². The molecular weight excluding hydrogens is 330 g/mol. The van der Waals surface area contributed by atoms with Crippen LogP contribution in [-0.2, 0) is 4.79 Å². The number of carbonyl (C=O) groups is 2. The number of hydrogen-bond acceptors (Lipinski definition) is 3. The molecule has 1 aliphatic heterocycles. The van der Waals surface area contributed by atoms with Crippen molar-refractivity contribution in [3.8, 4) is 11.4 Å². The summed E-state index contributed by atoms with van der Waals surface area (Å²) in [5.41, 5.74) is 4.15. The molecule has 6 nitrogen and oxygen atoms in total. The average molecular weight is 351 g/mol. The molecule has 2 aromatic rings. The first-order valence-electron chi connectivity index (χ1n) is 8.25. The Labute approximate surface area is 152 Å². The van der Waals surface area contributed by atoms with Gasteiger partial charge in [0.1, 0.15) is 11.4 Å². The van der Waals surface area contributed by atoms with Crippen molar-refractivity contribution in [2.24, 2.45) is 0 Å². The molecule has 0 unspecified atom stereocenters. The second-order valence-corrected chi connectivity index (χ2v) is 6.05. The van der Waals surface area contributed by atoms with E-state index in [1.807, 2.05) is 44.2 Å². The van der Waals surface area contributed by atoms with E-state index < -0.39 is 6.03 Å². The number of ether oxygens (including phenoxy) is 1. The van der Waals surface area contributed by atoms with Crippen molar-refractivity contribution in [2.75, 3.05) is 13.7 Å². The molecule has 3 rings (SSSR count). The zero-order valence-corrected chi connectivity index (χ0v) is 15.1. The Morgan fingerprint density at radius 1 is 1.19 bits per heavy atom. The molecule has 6 heteroatoms. The SMILES string of the molecule is C=CCN1C(=O)N/C(=C/c2cc(C)n(-c3ccc(OC)cc3)c2C)C1=O. The molecule has 1 aromatic heterocycles. The molecule has 134 valence electrons. The maximum atomic E-state index is 12.4. The number of nitrogens with one attached hydrogen (secondary N) is 1. The molecule has 1 aromatic carbocycles. The fourth-order valence-corrected chi connectivity index (χ4v) is 3.08. The van der Waals surface area contributed by atoms with Gasteiger partial charge in [-0.1, -0.05) is 6.08 Å². The van der Waals surface area contributed by atoms with E-state index in [9.17, 15) is 9.59 Å². The number of rotatable bonds is 5. The summed E-state index contributed by atoms with van der Waals surface area (Å²) >= 11 is 0. The number of imide groups is 1. The van der Waals surface area contributed by atoms with Gasteiger partial charge in [0, 0.05) is 23.6 Å². The highest BCUT2D eigenvalue weighted by molar-refractivity contribution is 6.14. The van der Waals surface area contributed by atoms with E-state index >= 15 is 0 Å². The molecule has 0 bridgehead atoms. The van der Waals surface area contributed by atoms with Gasteiger partial charge in [-0.25, -0.2) is 4.79 Å². The first-order valence-corrected chi connectivity index (χ1v) is 8.25. The number of aromatic nitrogens is 1. The fraction of sp³-hybridized carbons (Fsp3) is 0.200. The molecule has 1 saturated heterocycles. The van der Waals surface area contributed by atoms with Crippen LogP contribution < -0.4 is 10.1 Å². The van der Waals surface area contributed by atoms with E-state index in [-0.39, 0.29) is 18.1 Å². The number of carbonyl (C=O) groups excluding carboxylic acids is 2. The van der Waals surface area contributed by atoms with Crippen LogP contribution in [0.5, 0.6) is 5.75 Å². The Morgan fingerprint density at radius 3 is 2.50 bits per heavy atom. The van der Waals surface area contributed by atoms with Gasteiger partial charge in [0.05, 0.1) is 7.11 Å². The van der Waals surface area contributed by atoms with Crippen LogP contribution in [0.2, 0.25) is 0 Å². The van der Waals surface area contributed by atoms with Crippen LogP contribution in [-0.4, -0.2) is 35.1 Å². The standard InChI is InChI=1S/C20H21N3O3/c1-5-10-22-19(24)18(21-20(22)25)12-15-11-13(2)23(14(15)3)16-6-8-17(26-4)9-7-16/h5-9,11-12H,1,10H2,2-4H3,(H,21,25)/b18-12+. The maximum Gasteiger partial charge on any atom is 0.329 e. The largest absolute Gasteiger partial charge is 0.497 e. The highest BCUT2D eigenvalue weighted by atomic mass is 16.5. The predicted octanol–water partition coefficient (Wildman–Crippen LogP) is 3.18. The Hall–Kier alpha value is -3.28. The number of benzene rings is 1. The van der Waals surface area contributed by atoms with Crippen LogP contribution in [0.15, 0.2) is 48.7 Å². The van der Waals surface area contributed by atoms with Crippen molar-refractivity contribution in [3.05, 3.63) is 65.6 Å². The molecule has 3 amide bonds. The molecular formula is C20H21N3O3. The molecule has 0 saturated carbocycles. The second kappa shape index (κ2) is 6.92. The van der Waals surface area contributed by atoms with E-state index in [1.54, 1.807) is 13.2 Å². The van der Waals surface area contributed by atoms with Crippen LogP contribution in [0.1, 0.15) is 17.0 Å². The number of methoxy groups -OCH3 is 1. The molecule has 0 spiro atoms. The van der Waals surface area contributed by atoms with Crippen LogP contribution >= 0.6 is 0 Å². The van der Waals surface area contributed by atoms with Crippen LogP contribution in [0.25, 0.3) is 11.8 Å². The van der Waals surface area contributed by atoms with Crippen molar-refractivity contribution in [1.29, 1.82) is 0 Å². The molecule has 2 heterocycles. The van der Waals surface area contributed by atoms with Gasteiger partial charge in [-0.2, -0.15) is 0 Å². The van der Waals surface area contributed by atoms with Crippen molar-refractivity contribution < 1.29 is 14.3 Å². The van der Waals surface area contributed by atoms with Gasteiger partial charge in [0.25, 0.3) is 5.91 Å². The molecule has 26 heavy (non-hydrogen) atoms. The summed E-state index contributed by atoms with van der Waals surface area (Å²) in [6.07, 6.45) is 3.24. The van der Waals surface area contributed by atoms with Crippen molar-refractivity contribution in [3.63, 3.8) is 0 Å². The predicted molar refractivity (Wildman–Crippen MR) is 100 cm³/mol. The van der Waals surface area contributed by atoms with Gasteiger partial charge < -0.3 is 14.6 Å². The third kappa shape index (κ3) is 3.01.